The molecule has 1 N–H and O–H groups in total. The summed E-state index contributed by atoms with van der Waals surface area (Å²) in [6, 6.07) is 16.6. The van der Waals surface area contributed by atoms with Crippen LogP contribution in [0, 0.1) is 0 Å². The van der Waals surface area contributed by atoms with Gasteiger partial charge in [0.05, 0.1) is 34.3 Å². The molecular formula is C27H24ClF3N2O3. The summed E-state index contributed by atoms with van der Waals surface area (Å²) in [4.78, 5) is 7.72. The van der Waals surface area contributed by atoms with Gasteiger partial charge in [0.2, 0.25) is 0 Å². The van der Waals surface area contributed by atoms with Gasteiger partial charge < -0.3 is 19.2 Å². The van der Waals surface area contributed by atoms with Crippen molar-refractivity contribution in [2.45, 2.75) is 31.2 Å². The van der Waals surface area contributed by atoms with Crippen LogP contribution in [0.1, 0.15) is 18.4 Å². The molecule has 0 amide bonds. The third-order valence-corrected chi connectivity index (χ3v) is 6.55. The summed E-state index contributed by atoms with van der Waals surface area (Å²) in [5, 5.41) is 0.522. The molecule has 1 aliphatic heterocycles. The van der Waals surface area contributed by atoms with Crippen molar-refractivity contribution in [2.24, 2.45) is 0 Å². The van der Waals surface area contributed by atoms with E-state index >= 15 is 0 Å². The summed E-state index contributed by atoms with van der Waals surface area (Å²) in [5.41, 5.74) is 3.53. The number of imidazole rings is 1. The predicted molar refractivity (Wildman–Crippen MR) is 132 cm³/mol. The van der Waals surface area contributed by atoms with Crippen LogP contribution in [-0.2, 0) is 15.7 Å². The van der Waals surface area contributed by atoms with Crippen LogP contribution in [0.2, 0.25) is 5.02 Å². The highest BCUT2D eigenvalue weighted by molar-refractivity contribution is 6.34. The number of ether oxygens (including phenoxy) is 3. The number of rotatable bonds is 7. The molecule has 0 saturated carbocycles. The first-order chi connectivity index (χ1) is 17.3. The van der Waals surface area contributed by atoms with Crippen LogP contribution < -0.4 is 4.74 Å². The lowest BCUT2D eigenvalue weighted by Crippen LogP contribution is -2.17. The maximum absolute atomic E-state index is 13.1. The highest BCUT2D eigenvalue weighted by Crippen LogP contribution is 2.35. The summed E-state index contributed by atoms with van der Waals surface area (Å²) in [5.74, 6) is 0. The number of aromatic nitrogens is 2. The van der Waals surface area contributed by atoms with Crippen LogP contribution in [0.15, 0.2) is 60.7 Å². The number of H-pyrrole nitrogens is 1. The van der Waals surface area contributed by atoms with Crippen molar-refractivity contribution in [3.05, 3.63) is 71.2 Å². The molecule has 1 unspecified atom stereocenters. The van der Waals surface area contributed by atoms with Gasteiger partial charge in [-0.1, -0.05) is 48.0 Å². The molecule has 5 rings (SSSR count). The van der Waals surface area contributed by atoms with Gasteiger partial charge in [-0.05, 0) is 47.4 Å². The highest BCUT2D eigenvalue weighted by atomic mass is 35.5. The van der Waals surface area contributed by atoms with E-state index in [9.17, 15) is 13.2 Å². The summed E-state index contributed by atoms with van der Waals surface area (Å²) < 4.78 is 56.1. The monoisotopic (exact) mass is 516 g/mol. The quantitative estimate of drug-likeness (QED) is 0.283. The first-order valence-corrected chi connectivity index (χ1v) is 11.9. The van der Waals surface area contributed by atoms with E-state index in [1.165, 1.54) is 6.07 Å². The molecule has 0 radical (unpaired) electrons. The lowest BCUT2D eigenvalue weighted by Gasteiger charge is -2.10. The molecule has 36 heavy (non-hydrogen) atoms. The Morgan fingerprint density at radius 1 is 1.06 bits per heavy atom. The second-order valence-electron chi connectivity index (χ2n) is 8.76. The number of alkyl halides is 3. The lowest BCUT2D eigenvalue weighted by atomic mass is 9.99. The van der Waals surface area contributed by atoms with Crippen molar-refractivity contribution >= 4 is 22.6 Å². The fourth-order valence-electron chi connectivity index (χ4n) is 4.36. The summed E-state index contributed by atoms with van der Waals surface area (Å²) in [6.45, 7) is 1.14. The number of benzene rings is 3. The Morgan fingerprint density at radius 2 is 1.83 bits per heavy atom. The minimum atomic E-state index is -4.39. The third-order valence-electron chi connectivity index (χ3n) is 6.23. The van der Waals surface area contributed by atoms with Crippen LogP contribution >= 0.6 is 11.6 Å². The Bertz CT molecular complexity index is 1350. The topological polar surface area (TPSA) is 56.4 Å². The van der Waals surface area contributed by atoms with Crippen molar-refractivity contribution in [3.8, 4) is 28.3 Å². The number of nitrogens with zero attached hydrogens (tertiary/aromatic N) is 1. The summed E-state index contributed by atoms with van der Waals surface area (Å²) >= 11 is 6.57. The van der Waals surface area contributed by atoms with E-state index in [4.69, 9.17) is 25.8 Å². The van der Waals surface area contributed by atoms with Crippen molar-refractivity contribution in [3.63, 3.8) is 0 Å². The Morgan fingerprint density at radius 3 is 2.58 bits per heavy atom. The van der Waals surface area contributed by atoms with E-state index in [0.717, 1.165) is 41.6 Å². The molecule has 1 aromatic heterocycles. The van der Waals surface area contributed by atoms with E-state index in [-0.39, 0.29) is 12.2 Å². The van der Waals surface area contributed by atoms with E-state index in [1.54, 1.807) is 31.4 Å². The highest BCUT2D eigenvalue weighted by Gasteiger charge is 2.30. The third kappa shape index (κ3) is 5.36. The summed E-state index contributed by atoms with van der Waals surface area (Å²) in [6.07, 6.45) is -2.78. The molecule has 0 spiro atoms. The Balaban J connectivity index is 1.34. The van der Waals surface area contributed by atoms with Crippen LogP contribution in [0.25, 0.3) is 33.3 Å². The van der Waals surface area contributed by atoms with Gasteiger partial charge >= 0.3 is 6.18 Å². The Kier molecular flexibility index (Phi) is 6.92. The number of fused-ring (bicyclic) bond motifs is 1. The van der Waals surface area contributed by atoms with Crippen molar-refractivity contribution in [1.82, 2.24) is 9.97 Å². The Labute approximate surface area is 211 Å². The molecule has 0 aliphatic carbocycles. The average Bonchev–Trinajstić information content (AvgIpc) is 3.47. The van der Waals surface area contributed by atoms with E-state index in [0.29, 0.717) is 40.9 Å². The summed E-state index contributed by atoms with van der Waals surface area (Å²) in [7, 11) is 1.67. The fourth-order valence-corrected chi connectivity index (χ4v) is 4.64. The first kappa shape index (κ1) is 24.6. The molecule has 2 atom stereocenters. The minimum Gasteiger partial charge on any atom is -0.459 e. The van der Waals surface area contributed by atoms with Gasteiger partial charge in [0.1, 0.15) is 6.10 Å². The van der Waals surface area contributed by atoms with Crippen molar-refractivity contribution < 1.29 is 27.4 Å². The zero-order valence-corrected chi connectivity index (χ0v) is 20.2. The van der Waals surface area contributed by atoms with Gasteiger partial charge in [0.25, 0.3) is 6.01 Å². The molecule has 0 bridgehead atoms. The molecule has 1 fully saturated rings. The molecule has 9 heteroatoms. The minimum absolute atomic E-state index is 0.0919. The molecule has 1 aliphatic rings. The molecule has 188 valence electrons. The SMILES string of the molecule is COCC[C@@H]1CC(Oc2nc3cc(-c4ccc(-c5cccc(C(F)(F)F)c5)cc4)c(Cl)cc3[nH]2)CO1. The van der Waals surface area contributed by atoms with Crippen LogP contribution in [-0.4, -0.2) is 42.5 Å². The lowest BCUT2D eigenvalue weighted by molar-refractivity contribution is -0.137. The number of halogens is 4. The second kappa shape index (κ2) is 10.1. The van der Waals surface area contributed by atoms with E-state index in [2.05, 4.69) is 9.97 Å². The normalized spacial score (nSPS) is 18.1. The van der Waals surface area contributed by atoms with Crippen LogP contribution in [0.3, 0.4) is 0 Å². The van der Waals surface area contributed by atoms with Crippen LogP contribution in [0.5, 0.6) is 6.01 Å². The van der Waals surface area contributed by atoms with Gasteiger partial charge in [-0.15, -0.1) is 0 Å². The number of nitrogens with one attached hydrogen (secondary N) is 1. The fraction of sp³-hybridized carbons (Fsp3) is 0.296. The number of hydrogen-bond donors (Lipinski definition) is 1. The zero-order valence-electron chi connectivity index (χ0n) is 19.4. The second-order valence-corrected chi connectivity index (χ2v) is 9.17. The number of aromatic amines is 1. The van der Waals surface area contributed by atoms with Gasteiger partial charge in [-0.25, -0.2) is 0 Å². The largest absolute Gasteiger partial charge is 0.459 e. The average molecular weight is 517 g/mol. The first-order valence-electron chi connectivity index (χ1n) is 11.5. The molecule has 4 aromatic rings. The molecule has 3 aromatic carbocycles. The predicted octanol–water partition coefficient (Wildman–Crippen LogP) is 7.14. The van der Waals surface area contributed by atoms with Crippen molar-refractivity contribution in [2.75, 3.05) is 20.3 Å². The van der Waals surface area contributed by atoms with E-state index in [1.807, 2.05) is 18.2 Å². The Hall–Kier alpha value is -3.07. The van der Waals surface area contributed by atoms with Crippen LogP contribution in [0.4, 0.5) is 13.2 Å². The van der Waals surface area contributed by atoms with E-state index < -0.39 is 11.7 Å². The number of methoxy groups -OCH3 is 1. The van der Waals surface area contributed by atoms with Gasteiger partial charge in [-0.3, -0.25) is 0 Å². The molecule has 1 saturated heterocycles. The number of hydrogen-bond acceptors (Lipinski definition) is 4. The standard InChI is InChI=1S/C27H24ClF3N2O3/c1-34-10-9-20-12-21(15-35-20)36-26-32-24-13-22(23(28)14-25(24)33-26)17-7-5-16(6-8-17)18-3-2-4-19(11-18)27(29,30)31/h2-8,11,13-14,20-21H,9-10,12,15H2,1H3,(H,32,33)/t20-,21?/m1/s1. The molecule has 5 nitrogen and oxygen atoms in total. The molecule has 2 heterocycles. The van der Waals surface area contributed by atoms with Gasteiger partial charge in [0, 0.05) is 25.7 Å². The van der Waals surface area contributed by atoms with Crippen molar-refractivity contribution in [1.29, 1.82) is 0 Å². The zero-order chi connectivity index (χ0) is 25.3. The maximum atomic E-state index is 13.1. The van der Waals surface area contributed by atoms with Gasteiger partial charge in [-0.2, -0.15) is 18.2 Å². The maximum Gasteiger partial charge on any atom is 0.416 e. The molecular weight excluding hydrogens is 493 g/mol. The van der Waals surface area contributed by atoms with Gasteiger partial charge in [0.15, 0.2) is 0 Å². The smallest absolute Gasteiger partial charge is 0.416 e.